The van der Waals surface area contributed by atoms with Crippen molar-refractivity contribution < 1.29 is 57.4 Å². The molecule has 4 heterocycles. The maximum Gasteiger partial charge on any atom is 0.444 e. The quantitative estimate of drug-likeness (QED) is 0.0844. The fourth-order valence-corrected chi connectivity index (χ4v) is 10.9. The van der Waals surface area contributed by atoms with Gasteiger partial charge in [-0.2, -0.15) is 10.1 Å². The number of hydrogen-bond acceptors (Lipinski definition) is 18. The van der Waals surface area contributed by atoms with Crippen LogP contribution in [0.25, 0.3) is 0 Å². The molecule has 0 unspecified atom stereocenters. The van der Waals surface area contributed by atoms with Crippen molar-refractivity contribution in [3.63, 3.8) is 0 Å². The number of hydroxylamine groups is 4. The van der Waals surface area contributed by atoms with E-state index in [4.69, 9.17) is 63.3 Å². The molecule has 4 aliphatic rings. The lowest BCUT2D eigenvalue weighted by Gasteiger charge is -2.39. The van der Waals surface area contributed by atoms with E-state index in [0.29, 0.717) is 91.6 Å². The van der Waals surface area contributed by atoms with E-state index in [-0.39, 0.29) is 94.4 Å². The summed E-state index contributed by atoms with van der Waals surface area (Å²) in [7, 11) is 5.94. The van der Waals surface area contributed by atoms with E-state index < -0.39 is 35.8 Å². The number of piperidine rings is 2. The summed E-state index contributed by atoms with van der Waals surface area (Å²) in [4.78, 5) is 108. The number of piperazine rings is 2. The number of likely N-dealkylation sites (tertiary alicyclic amines) is 2. The van der Waals surface area contributed by atoms with Gasteiger partial charge < -0.3 is 69.5 Å². The Balaban J connectivity index is 0.910. The summed E-state index contributed by atoms with van der Waals surface area (Å²) in [6.07, 6.45) is 1.65. The first kappa shape index (κ1) is 58.7. The maximum atomic E-state index is 14.6. The number of ether oxygens (including phenoxy) is 4. The van der Waals surface area contributed by atoms with Crippen molar-refractivity contribution in [1.29, 1.82) is 0 Å². The first-order valence-corrected chi connectivity index (χ1v) is 27.5. The van der Waals surface area contributed by atoms with Crippen molar-refractivity contribution >= 4 is 81.5 Å². The molecule has 24 heteroatoms. The van der Waals surface area contributed by atoms with Gasteiger partial charge in [0, 0.05) is 117 Å². The van der Waals surface area contributed by atoms with Gasteiger partial charge in [-0.05, 0) is 62.1 Å². The summed E-state index contributed by atoms with van der Waals surface area (Å²) < 4.78 is 22.1. The average molecular weight is 1150 g/mol. The van der Waals surface area contributed by atoms with Crippen molar-refractivity contribution in [2.75, 3.05) is 141 Å². The first-order valence-electron chi connectivity index (χ1n) is 26.7. The molecule has 22 nitrogen and oxygen atoms in total. The molecular weight excluding hydrogens is 1080 g/mol. The zero-order valence-electron chi connectivity index (χ0n) is 45.6. The molecule has 0 radical (unpaired) electrons. The average Bonchev–Trinajstić information content (AvgIpc) is 3.49. The summed E-state index contributed by atoms with van der Waals surface area (Å²) in [6, 6.07) is 19.4. The lowest BCUT2D eigenvalue weighted by molar-refractivity contribution is -0.215. The molecule has 430 valence electrons. The number of nitrogens with two attached hydrogens (primary N) is 2. The summed E-state index contributed by atoms with van der Waals surface area (Å²) >= 11 is 12.8. The van der Waals surface area contributed by atoms with Crippen molar-refractivity contribution in [1.82, 2.24) is 29.7 Å². The van der Waals surface area contributed by atoms with Gasteiger partial charge >= 0.3 is 11.9 Å². The molecule has 4 fully saturated rings. The van der Waals surface area contributed by atoms with E-state index in [2.05, 4.69) is 19.6 Å². The predicted molar refractivity (Wildman–Crippen MR) is 301 cm³/mol. The fourth-order valence-electron chi connectivity index (χ4n) is 10.6. The van der Waals surface area contributed by atoms with E-state index >= 15 is 0 Å². The Morgan fingerprint density at radius 2 is 0.825 bits per heavy atom. The van der Waals surface area contributed by atoms with Gasteiger partial charge in [0.15, 0.2) is 0 Å². The van der Waals surface area contributed by atoms with E-state index in [1.54, 1.807) is 14.2 Å². The van der Waals surface area contributed by atoms with Crippen LogP contribution >= 0.6 is 23.2 Å². The highest BCUT2D eigenvalue weighted by Gasteiger charge is 2.40. The van der Waals surface area contributed by atoms with Crippen LogP contribution in [0.15, 0.2) is 72.8 Å². The standard InChI is InChI=1S/C56H70Cl2N10O12/c1-75-47-11-7-5-9-45(47)63-25-29-65(30-26-63)51(69)17-23-61-19-13-37(14-20-61)67(53(71)39-33-41(57)43(59)35-49(39)77-3)79-55(73)56(74)80-68(54(72)40-34-42(58)44(60)36-50(40)78-4)38-15-21-62(22-16-38)24-18-52(70)66-31-27-64(28-32-66)46-10-6-8-12-48(46)76-2/h5-12,33-38H,13-32,59-60H2,1-4H3. The van der Waals surface area contributed by atoms with Crippen LogP contribution < -0.4 is 40.2 Å². The first-order chi connectivity index (χ1) is 38.6. The molecule has 0 spiro atoms. The number of hydrogen-bond donors (Lipinski definition) is 2. The molecule has 8 rings (SSSR count). The number of carbonyl (C=O) groups is 6. The van der Waals surface area contributed by atoms with Crippen molar-refractivity contribution in [2.45, 2.75) is 50.6 Å². The Hall–Kier alpha value is -7.40. The van der Waals surface area contributed by atoms with E-state index in [9.17, 15) is 28.8 Å². The highest BCUT2D eigenvalue weighted by Crippen LogP contribution is 2.35. The van der Waals surface area contributed by atoms with E-state index in [0.717, 1.165) is 33.0 Å². The van der Waals surface area contributed by atoms with Gasteiger partial charge in [-0.3, -0.25) is 19.2 Å². The molecule has 80 heavy (non-hydrogen) atoms. The molecule has 4 aliphatic heterocycles. The SMILES string of the molecule is COc1cc(N)c(Cl)cc1C(=O)N(OC(=O)C(=O)ON(C(=O)c1cc(Cl)c(N)cc1OC)C1CCN(CCC(=O)N2CCN(c3ccccc3OC)CC2)CC1)C1CCN(CCC(=O)N2CCN(c3ccccc3OC)CC2)CC1. The van der Waals surface area contributed by atoms with Crippen molar-refractivity contribution in [3.05, 3.63) is 94.0 Å². The number of nitrogen functional groups attached to an aromatic ring is 2. The Morgan fingerprint density at radius 1 is 0.487 bits per heavy atom. The molecule has 0 bridgehead atoms. The molecule has 0 saturated carbocycles. The van der Waals surface area contributed by atoms with Gasteiger partial charge in [-0.25, -0.2) is 9.59 Å². The summed E-state index contributed by atoms with van der Waals surface area (Å²) in [5.74, 6) is -3.24. The van der Waals surface area contributed by atoms with Crippen LogP contribution in [0.3, 0.4) is 0 Å². The number of methoxy groups -OCH3 is 4. The summed E-state index contributed by atoms with van der Waals surface area (Å²) in [5, 5.41) is 1.69. The Bertz CT molecular complexity index is 2680. The van der Waals surface area contributed by atoms with Gasteiger partial charge in [0.2, 0.25) is 11.8 Å². The van der Waals surface area contributed by atoms with Crippen LogP contribution in [-0.4, -0.2) is 197 Å². The number of halogens is 2. The number of rotatable bonds is 16. The van der Waals surface area contributed by atoms with Crippen LogP contribution in [0, 0.1) is 0 Å². The zero-order chi connectivity index (χ0) is 57.0. The molecule has 4 aromatic rings. The number of carbonyl (C=O) groups excluding carboxylic acids is 6. The van der Waals surface area contributed by atoms with Crippen molar-refractivity contribution in [3.8, 4) is 23.0 Å². The van der Waals surface area contributed by atoms with Crippen LogP contribution in [0.5, 0.6) is 23.0 Å². The molecule has 4 amide bonds. The van der Waals surface area contributed by atoms with Gasteiger partial charge in [-0.15, -0.1) is 0 Å². The molecular formula is C56H70Cl2N10O12. The molecule has 4 N–H and O–H groups in total. The minimum atomic E-state index is -1.60. The summed E-state index contributed by atoms with van der Waals surface area (Å²) in [5.41, 5.74) is 14.1. The Kier molecular flexibility index (Phi) is 20.0. The third-order valence-corrected chi connectivity index (χ3v) is 15.9. The number of amides is 4. The zero-order valence-corrected chi connectivity index (χ0v) is 47.1. The number of anilines is 4. The van der Waals surface area contributed by atoms with Crippen LogP contribution in [0.4, 0.5) is 22.7 Å². The third kappa shape index (κ3) is 13.9. The van der Waals surface area contributed by atoms with Gasteiger partial charge in [0.1, 0.15) is 23.0 Å². The van der Waals surface area contributed by atoms with Gasteiger partial charge in [-0.1, -0.05) is 47.5 Å². The molecule has 0 atom stereocenters. The smallest absolute Gasteiger partial charge is 0.444 e. The second-order valence-electron chi connectivity index (χ2n) is 19.9. The van der Waals surface area contributed by atoms with E-state index in [1.165, 1.54) is 38.5 Å². The molecule has 0 aromatic heterocycles. The fraction of sp³-hybridized carbons (Fsp3) is 0.464. The van der Waals surface area contributed by atoms with Gasteiger partial charge in [0.05, 0.1) is 84.4 Å². The lowest BCUT2D eigenvalue weighted by atomic mass is 10.0. The normalized spacial score (nSPS) is 16.6. The largest absolute Gasteiger partial charge is 0.496 e. The van der Waals surface area contributed by atoms with Crippen molar-refractivity contribution in [2.24, 2.45) is 0 Å². The second-order valence-corrected chi connectivity index (χ2v) is 20.7. The van der Waals surface area contributed by atoms with Crippen LogP contribution in [0.2, 0.25) is 10.0 Å². The number of benzene rings is 4. The summed E-state index contributed by atoms with van der Waals surface area (Å²) in [6.45, 7) is 7.44. The van der Waals surface area contributed by atoms with E-state index in [1.807, 2.05) is 58.3 Å². The second kappa shape index (κ2) is 27.2. The minimum absolute atomic E-state index is 0.0259. The lowest BCUT2D eigenvalue weighted by Crippen LogP contribution is -2.52. The molecule has 4 aromatic carbocycles. The van der Waals surface area contributed by atoms with Gasteiger partial charge in [0.25, 0.3) is 11.8 Å². The molecule has 0 aliphatic carbocycles. The Labute approximate surface area is 475 Å². The topological polar surface area (TPSA) is 236 Å². The monoisotopic (exact) mass is 1140 g/mol. The van der Waals surface area contributed by atoms with Crippen LogP contribution in [-0.2, 0) is 28.9 Å². The molecule has 4 saturated heterocycles. The number of para-hydroxylation sites is 4. The minimum Gasteiger partial charge on any atom is -0.496 e. The predicted octanol–water partition coefficient (Wildman–Crippen LogP) is 5.10. The highest BCUT2D eigenvalue weighted by atomic mass is 35.5. The number of nitrogens with zero attached hydrogens (tertiary/aromatic N) is 8. The third-order valence-electron chi connectivity index (χ3n) is 15.2. The highest BCUT2D eigenvalue weighted by molar-refractivity contribution is 6.34. The Morgan fingerprint density at radius 3 is 1.16 bits per heavy atom. The maximum absolute atomic E-state index is 14.6. The van der Waals surface area contributed by atoms with Crippen LogP contribution in [0.1, 0.15) is 59.2 Å².